The molecule has 6 nitrogen and oxygen atoms in total. The summed E-state index contributed by atoms with van der Waals surface area (Å²) >= 11 is 5.73. The van der Waals surface area contributed by atoms with Gasteiger partial charge in [0.2, 0.25) is 10.7 Å². The van der Waals surface area contributed by atoms with Gasteiger partial charge in [-0.15, -0.1) is 0 Å². The molecule has 0 bridgehead atoms. The van der Waals surface area contributed by atoms with E-state index < -0.39 is 0 Å². The van der Waals surface area contributed by atoms with Crippen molar-refractivity contribution < 1.29 is 9.53 Å². The van der Waals surface area contributed by atoms with Crippen molar-refractivity contribution >= 4 is 23.8 Å². The average molecular weight is 445 g/mol. The number of aromatic nitrogens is 3. The van der Waals surface area contributed by atoms with Gasteiger partial charge >= 0.3 is 0 Å². The van der Waals surface area contributed by atoms with Gasteiger partial charge in [-0.1, -0.05) is 60.2 Å². The largest absolute Gasteiger partial charge is 0.492 e. The van der Waals surface area contributed by atoms with Gasteiger partial charge < -0.3 is 10.1 Å². The molecule has 4 aromatic rings. The van der Waals surface area contributed by atoms with Crippen LogP contribution in [0.25, 0.3) is 17.1 Å². The third-order valence-electron chi connectivity index (χ3n) is 4.92. The second-order valence-electron chi connectivity index (χ2n) is 7.28. The van der Waals surface area contributed by atoms with Crippen LogP contribution in [-0.4, -0.2) is 26.9 Å². The molecular weight excluding hydrogens is 420 g/mol. The minimum atomic E-state index is -0.235. The Morgan fingerprint density at radius 2 is 1.69 bits per heavy atom. The number of rotatable bonds is 7. The van der Waals surface area contributed by atoms with Crippen molar-refractivity contribution in [2.45, 2.75) is 20.4 Å². The van der Waals surface area contributed by atoms with Crippen LogP contribution in [0, 0.1) is 11.7 Å². The van der Waals surface area contributed by atoms with Crippen molar-refractivity contribution in [1.29, 1.82) is 0 Å². The molecule has 1 heterocycles. The van der Waals surface area contributed by atoms with Crippen molar-refractivity contribution in [3.63, 3.8) is 0 Å². The standard InChI is InChI=1S/C25H24N4O2S/c1-3-31-22-12-8-7-11-21(22)26-23(30)17-28-25(32)29(20-9-5-4-6-10-20)24(27-28)19-15-13-18(2)14-16-19/h4-16H,3,17H2,1-2H3,(H,26,30). The fourth-order valence-electron chi connectivity index (χ4n) is 3.39. The molecule has 0 saturated carbocycles. The smallest absolute Gasteiger partial charge is 0.246 e. The molecule has 0 fully saturated rings. The Labute approximate surface area is 192 Å². The highest BCUT2D eigenvalue weighted by molar-refractivity contribution is 7.71. The molecule has 162 valence electrons. The van der Waals surface area contributed by atoms with Crippen LogP contribution >= 0.6 is 12.2 Å². The predicted molar refractivity (Wildman–Crippen MR) is 129 cm³/mol. The van der Waals surface area contributed by atoms with Crippen LogP contribution in [-0.2, 0) is 11.3 Å². The average Bonchev–Trinajstić information content (AvgIpc) is 3.12. The quantitative estimate of drug-likeness (QED) is 0.387. The van der Waals surface area contributed by atoms with E-state index in [2.05, 4.69) is 5.32 Å². The van der Waals surface area contributed by atoms with Gasteiger partial charge in [0, 0.05) is 11.3 Å². The molecule has 0 spiro atoms. The Balaban J connectivity index is 1.69. The number of nitrogens with one attached hydrogen (secondary N) is 1. The summed E-state index contributed by atoms with van der Waals surface area (Å²) < 4.78 is 9.48. The Bertz CT molecular complexity index is 1280. The molecule has 0 aliphatic heterocycles. The van der Waals surface area contributed by atoms with E-state index in [0.717, 1.165) is 16.8 Å². The molecule has 1 aromatic heterocycles. The molecule has 0 saturated heterocycles. The van der Waals surface area contributed by atoms with E-state index in [4.69, 9.17) is 22.1 Å². The van der Waals surface area contributed by atoms with E-state index in [-0.39, 0.29) is 12.5 Å². The SMILES string of the molecule is CCOc1ccccc1NC(=O)Cn1nc(-c2ccc(C)cc2)n(-c2ccccc2)c1=S. The highest BCUT2D eigenvalue weighted by Gasteiger charge is 2.17. The maximum Gasteiger partial charge on any atom is 0.246 e. The van der Waals surface area contributed by atoms with Crippen LogP contribution in [0.15, 0.2) is 78.9 Å². The number of amides is 1. The van der Waals surface area contributed by atoms with Gasteiger partial charge in [-0.25, -0.2) is 4.68 Å². The lowest BCUT2D eigenvalue weighted by atomic mass is 10.1. The molecular formula is C25H24N4O2S. The topological polar surface area (TPSA) is 61.1 Å². The van der Waals surface area contributed by atoms with E-state index in [1.165, 1.54) is 0 Å². The zero-order valence-electron chi connectivity index (χ0n) is 18.0. The Morgan fingerprint density at radius 1 is 1.00 bits per heavy atom. The molecule has 3 aromatic carbocycles. The third kappa shape index (κ3) is 4.63. The van der Waals surface area contributed by atoms with E-state index in [1.54, 1.807) is 4.68 Å². The number of aryl methyl sites for hydroxylation is 1. The molecule has 32 heavy (non-hydrogen) atoms. The van der Waals surface area contributed by atoms with Crippen molar-refractivity contribution in [3.8, 4) is 22.8 Å². The number of benzene rings is 3. The van der Waals surface area contributed by atoms with Crippen molar-refractivity contribution in [1.82, 2.24) is 14.3 Å². The maximum absolute atomic E-state index is 12.8. The Kier molecular flexibility index (Phi) is 6.47. The molecule has 7 heteroatoms. The summed E-state index contributed by atoms with van der Waals surface area (Å²) in [5, 5.41) is 7.62. The number of carbonyl (C=O) groups excluding carboxylic acids is 1. The molecule has 0 radical (unpaired) electrons. The zero-order valence-corrected chi connectivity index (χ0v) is 18.8. The van der Waals surface area contributed by atoms with Crippen LogP contribution in [0.1, 0.15) is 12.5 Å². The van der Waals surface area contributed by atoms with Crippen LogP contribution in [0.4, 0.5) is 5.69 Å². The van der Waals surface area contributed by atoms with Crippen LogP contribution < -0.4 is 10.1 Å². The van der Waals surface area contributed by atoms with Gasteiger partial charge in [0.05, 0.1) is 12.3 Å². The molecule has 4 rings (SSSR count). The van der Waals surface area contributed by atoms with Crippen molar-refractivity contribution in [2.75, 3.05) is 11.9 Å². The molecule has 0 unspecified atom stereocenters. The monoisotopic (exact) mass is 444 g/mol. The van der Waals surface area contributed by atoms with Crippen LogP contribution in [0.3, 0.4) is 0 Å². The first-order chi connectivity index (χ1) is 15.6. The van der Waals surface area contributed by atoms with Crippen molar-refractivity contribution in [3.05, 3.63) is 89.2 Å². The second kappa shape index (κ2) is 9.62. The number of anilines is 1. The van der Waals surface area contributed by atoms with Crippen LogP contribution in [0.5, 0.6) is 5.75 Å². The summed E-state index contributed by atoms with van der Waals surface area (Å²) in [5.41, 5.74) is 3.59. The summed E-state index contributed by atoms with van der Waals surface area (Å²) in [6, 6.07) is 25.2. The maximum atomic E-state index is 12.8. The van der Waals surface area contributed by atoms with E-state index >= 15 is 0 Å². The highest BCUT2D eigenvalue weighted by atomic mass is 32.1. The number of hydrogen-bond acceptors (Lipinski definition) is 4. The van der Waals surface area contributed by atoms with Gasteiger partial charge in [-0.05, 0) is 50.3 Å². The lowest BCUT2D eigenvalue weighted by molar-refractivity contribution is -0.116. The second-order valence-corrected chi connectivity index (χ2v) is 7.64. The first kappa shape index (κ1) is 21.5. The summed E-state index contributed by atoms with van der Waals surface area (Å²) in [6.45, 7) is 4.44. The minimum Gasteiger partial charge on any atom is -0.492 e. The molecule has 0 aliphatic carbocycles. The first-order valence-electron chi connectivity index (χ1n) is 10.4. The third-order valence-corrected chi connectivity index (χ3v) is 5.31. The molecule has 1 amide bonds. The number of para-hydroxylation sites is 3. The molecule has 0 atom stereocenters. The lowest BCUT2D eigenvalue weighted by Crippen LogP contribution is -2.20. The Morgan fingerprint density at radius 3 is 2.41 bits per heavy atom. The first-order valence-corrected chi connectivity index (χ1v) is 10.8. The minimum absolute atomic E-state index is 0.0159. The predicted octanol–water partition coefficient (Wildman–Crippen LogP) is 5.42. The molecule has 0 aliphatic rings. The van der Waals surface area contributed by atoms with Gasteiger partial charge in [0.15, 0.2) is 5.82 Å². The summed E-state index contributed by atoms with van der Waals surface area (Å²) in [7, 11) is 0. The fourth-order valence-corrected chi connectivity index (χ4v) is 3.68. The number of carbonyl (C=O) groups is 1. The van der Waals surface area contributed by atoms with Gasteiger partial charge in [-0.3, -0.25) is 9.36 Å². The lowest BCUT2D eigenvalue weighted by Gasteiger charge is -2.11. The van der Waals surface area contributed by atoms with E-state index in [1.807, 2.05) is 97.3 Å². The Hall–Kier alpha value is -3.71. The van der Waals surface area contributed by atoms with Gasteiger partial charge in [-0.2, -0.15) is 5.10 Å². The van der Waals surface area contributed by atoms with E-state index in [9.17, 15) is 4.79 Å². The van der Waals surface area contributed by atoms with Gasteiger partial charge in [0.1, 0.15) is 12.3 Å². The zero-order chi connectivity index (χ0) is 22.5. The van der Waals surface area contributed by atoms with E-state index in [0.29, 0.717) is 28.6 Å². The fraction of sp³-hybridized carbons (Fsp3) is 0.160. The highest BCUT2D eigenvalue weighted by Crippen LogP contribution is 2.25. The molecule has 1 N–H and O–H groups in total. The summed E-state index contributed by atoms with van der Waals surface area (Å²) in [4.78, 5) is 12.8. The number of nitrogens with zero attached hydrogens (tertiary/aromatic N) is 3. The van der Waals surface area contributed by atoms with Crippen LogP contribution in [0.2, 0.25) is 0 Å². The van der Waals surface area contributed by atoms with Crippen molar-refractivity contribution in [2.24, 2.45) is 0 Å². The van der Waals surface area contributed by atoms with Gasteiger partial charge in [0.25, 0.3) is 0 Å². The summed E-state index contributed by atoms with van der Waals surface area (Å²) in [5.74, 6) is 1.08. The number of ether oxygens (including phenoxy) is 1. The summed E-state index contributed by atoms with van der Waals surface area (Å²) in [6.07, 6.45) is 0. The normalized spacial score (nSPS) is 10.7. The number of hydrogen-bond donors (Lipinski definition) is 1.